The van der Waals surface area contributed by atoms with Crippen molar-refractivity contribution in [2.24, 2.45) is 0 Å². The van der Waals surface area contributed by atoms with Crippen molar-refractivity contribution in [3.05, 3.63) is 34.9 Å². The molecule has 0 radical (unpaired) electrons. The summed E-state index contributed by atoms with van der Waals surface area (Å²) in [5, 5.41) is 15.5. The van der Waals surface area contributed by atoms with Crippen LogP contribution in [0.3, 0.4) is 0 Å². The van der Waals surface area contributed by atoms with E-state index in [4.69, 9.17) is 11.6 Å². The molecule has 1 saturated carbocycles. The van der Waals surface area contributed by atoms with Gasteiger partial charge in [0, 0.05) is 30.1 Å². The zero-order valence-electron chi connectivity index (χ0n) is 14.1. The van der Waals surface area contributed by atoms with E-state index in [-0.39, 0.29) is 5.92 Å². The van der Waals surface area contributed by atoms with Gasteiger partial charge in [0.2, 0.25) is 0 Å². The number of benzene rings is 1. The first-order valence-corrected chi connectivity index (χ1v) is 9.36. The molecule has 4 heteroatoms. The number of rotatable bonds is 5. The summed E-state index contributed by atoms with van der Waals surface area (Å²) in [5.41, 5.74) is 0.607. The first kappa shape index (κ1) is 17.2. The maximum Gasteiger partial charge on any atom is 0.0728 e. The fraction of sp³-hybridized carbons (Fsp3) is 0.684. The molecule has 1 aromatic rings. The fourth-order valence-electron chi connectivity index (χ4n) is 4.31. The third kappa shape index (κ3) is 4.08. The number of likely N-dealkylation sites (N-methyl/N-ethyl adjacent to an activating group) is 1. The van der Waals surface area contributed by atoms with Gasteiger partial charge in [-0.2, -0.15) is 0 Å². The Morgan fingerprint density at radius 3 is 2.78 bits per heavy atom. The topological polar surface area (TPSA) is 35.5 Å². The Morgan fingerprint density at radius 2 is 2.13 bits per heavy atom. The minimum atomic E-state index is -0.583. The van der Waals surface area contributed by atoms with Gasteiger partial charge in [0.15, 0.2) is 0 Å². The van der Waals surface area contributed by atoms with Crippen molar-refractivity contribution >= 4 is 11.6 Å². The molecule has 0 spiro atoms. The van der Waals surface area contributed by atoms with Crippen molar-refractivity contribution in [3.8, 4) is 0 Å². The van der Waals surface area contributed by atoms with Gasteiger partial charge in [-0.1, -0.05) is 43.0 Å². The van der Waals surface area contributed by atoms with E-state index in [1.807, 2.05) is 25.2 Å². The Balaban J connectivity index is 1.81. The molecule has 2 atom stereocenters. The second-order valence-electron chi connectivity index (χ2n) is 7.31. The lowest BCUT2D eigenvalue weighted by Crippen LogP contribution is -2.44. The van der Waals surface area contributed by atoms with E-state index in [1.165, 1.54) is 18.4 Å². The maximum atomic E-state index is 11.4. The summed E-state index contributed by atoms with van der Waals surface area (Å²) in [6.45, 7) is 3.11. The molecule has 1 unspecified atom stereocenters. The van der Waals surface area contributed by atoms with Gasteiger partial charge in [0.05, 0.1) is 5.60 Å². The van der Waals surface area contributed by atoms with Crippen LogP contribution in [-0.4, -0.2) is 48.3 Å². The van der Waals surface area contributed by atoms with Crippen LogP contribution >= 0.6 is 11.6 Å². The summed E-state index contributed by atoms with van der Waals surface area (Å²) in [6.07, 6.45) is 6.52. The van der Waals surface area contributed by atoms with E-state index in [0.717, 1.165) is 50.3 Å². The highest BCUT2D eigenvalue weighted by atomic mass is 35.5. The summed E-state index contributed by atoms with van der Waals surface area (Å²) < 4.78 is 0. The van der Waals surface area contributed by atoms with Crippen molar-refractivity contribution in [1.82, 2.24) is 10.2 Å². The van der Waals surface area contributed by atoms with Crippen molar-refractivity contribution in [2.45, 2.75) is 56.1 Å². The van der Waals surface area contributed by atoms with Crippen molar-refractivity contribution in [2.75, 3.05) is 26.7 Å². The maximum absolute atomic E-state index is 11.4. The predicted octanol–water partition coefficient (Wildman–Crippen LogP) is 3.41. The van der Waals surface area contributed by atoms with E-state index in [0.29, 0.717) is 6.04 Å². The molecule has 1 aliphatic heterocycles. The first-order valence-electron chi connectivity index (χ1n) is 8.98. The fourth-order valence-corrected chi connectivity index (χ4v) is 4.51. The lowest BCUT2D eigenvalue weighted by Gasteiger charge is -2.41. The van der Waals surface area contributed by atoms with Gasteiger partial charge in [-0.25, -0.2) is 0 Å². The molecule has 2 fully saturated rings. The highest BCUT2D eigenvalue weighted by molar-refractivity contribution is 6.30. The lowest BCUT2D eigenvalue weighted by atomic mass is 9.72. The molecular weight excluding hydrogens is 308 g/mol. The molecule has 128 valence electrons. The Bertz CT molecular complexity index is 516. The van der Waals surface area contributed by atoms with Crippen molar-refractivity contribution < 1.29 is 5.11 Å². The number of aliphatic hydroxyl groups is 1. The van der Waals surface area contributed by atoms with Crippen LogP contribution in [0.5, 0.6) is 0 Å². The van der Waals surface area contributed by atoms with Crippen molar-refractivity contribution in [3.63, 3.8) is 0 Å². The molecule has 3 rings (SSSR count). The Morgan fingerprint density at radius 1 is 1.35 bits per heavy atom. The standard InChI is InChI=1S/C19H29ClN2O/c1-21-17-8-11-22(13-17)14-18(15-6-5-7-16(20)12-15)19(23)9-3-2-4-10-19/h5-7,12,17-18,21,23H,2-4,8-11,13-14H2,1H3/t17-,18?/m1/s1. The summed E-state index contributed by atoms with van der Waals surface area (Å²) in [6, 6.07) is 8.69. The third-order valence-corrected chi connectivity index (χ3v) is 5.98. The summed E-state index contributed by atoms with van der Waals surface area (Å²) in [5.74, 6) is 0.150. The minimum absolute atomic E-state index is 0.150. The van der Waals surface area contributed by atoms with Gasteiger partial charge in [-0.05, 0) is 50.6 Å². The van der Waals surface area contributed by atoms with Gasteiger partial charge < -0.3 is 15.3 Å². The molecule has 2 aliphatic rings. The molecule has 0 bridgehead atoms. The van der Waals surface area contributed by atoms with Crippen molar-refractivity contribution in [1.29, 1.82) is 0 Å². The Kier molecular flexibility index (Phi) is 5.63. The predicted molar refractivity (Wildman–Crippen MR) is 96.1 cm³/mol. The smallest absolute Gasteiger partial charge is 0.0728 e. The van der Waals surface area contributed by atoms with E-state index in [1.54, 1.807) is 0 Å². The van der Waals surface area contributed by atoms with Crippen LogP contribution in [-0.2, 0) is 0 Å². The molecule has 1 aromatic carbocycles. The monoisotopic (exact) mass is 336 g/mol. The molecule has 2 N–H and O–H groups in total. The largest absolute Gasteiger partial charge is 0.389 e. The molecule has 0 amide bonds. The van der Waals surface area contributed by atoms with Crippen LogP contribution in [0.1, 0.15) is 50.0 Å². The molecule has 1 heterocycles. The molecule has 0 aromatic heterocycles. The number of nitrogens with zero attached hydrogens (tertiary/aromatic N) is 1. The number of halogens is 1. The van der Waals surface area contributed by atoms with Crippen LogP contribution in [0, 0.1) is 0 Å². The van der Waals surface area contributed by atoms with E-state index < -0.39 is 5.60 Å². The molecule has 1 saturated heterocycles. The number of nitrogens with one attached hydrogen (secondary N) is 1. The van der Waals surface area contributed by atoms with E-state index in [9.17, 15) is 5.11 Å². The number of likely N-dealkylation sites (tertiary alicyclic amines) is 1. The molecule has 3 nitrogen and oxygen atoms in total. The van der Waals surface area contributed by atoms with Crippen LogP contribution in [0.2, 0.25) is 5.02 Å². The summed E-state index contributed by atoms with van der Waals surface area (Å²) in [7, 11) is 2.04. The molecule has 23 heavy (non-hydrogen) atoms. The third-order valence-electron chi connectivity index (χ3n) is 5.74. The first-order chi connectivity index (χ1) is 11.1. The highest BCUT2D eigenvalue weighted by Crippen LogP contribution is 2.41. The summed E-state index contributed by atoms with van der Waals surface area (Å²) >= 11 is 6.23. The normalized spacial score (nSPS) is 26.3. The Hall–Kier alpha value is -0.610. The van der Waals surface area contributed by atoms with E-state index in [2.05, 4.69) is 16.3 Å². The lowest BCUT2D eigenvalue weighted by molar-refractivity contribution is -0.0295. The van der Waals surface area contributed by atoms with Gasteiger partial charge in [-0.3, -0.25) is 0 Å². The van der Waals surface area contributed by atoms with Gasteiger partial charge >= 0.3 is 0 Å². The van der Waals surface area contributed by atoms with Gasteiger partial charge in [0.25, 0.3) is 0 Å². The minimum Gasteiger partial charge on any atom is -0.389 e. The van der Waals surface area contributed by atoms with Crippen LogP contribution in [0.4, 0.5) is 0 Å². The zero-order valence-corrected chi connectivity index (χ0v) is 14.9. The summed E-state index contributed by atoms with van der Waals surface area (Å²) in [4.78, 5) is 2.50. The van der Waals surface area contributed by atoms with Crippen LogP contribution < -0.4 is 5.32 Å². The SMILES string of the molecule is CN[C@@H]1CCN(CC(c2cccc(Cl)c2)C2(O)CCCCC2)C1. The molecule has 1 aliphatic carbocycles. The van der Waals surface area contributed by atoms with Crippen LogP contribution in [0.15, 0.2) is 24.3 Å². The quantitative estimate of drug-likeness (QED) is 0.865. The number of hydrogen-bond acceptors (Lipinski definition) is 3. The van der Waals surface area contributed by atoms with E-state index >= 15 is 0 Å². The Labute approximate surface area is 145 Å². The van der Waals surface area contributed by atoms with Gasteiger partial charge in [0.1, 0.15) is 0 Å². The average molecular weight is 337 g/mol. The zero-order chi connectivity index (χ0) is 16.3. The second-order valence-corrected chi connectivity index (χ2v) is 7.74. The highest BCUT2D eigenvalue weighted by Gasteiger charge is 2.40. The van der Waals surface area contributed by atoms with Gasteiger partial charge in [-0.15, -0.1) is 0 Å². The molecular formula is C19H29ClN2O. The number of hydrogen-bond donors (Lipinski definition) is 2. The average Bonchev–Trinajstić information content (AvgIpc) is 3.01. The second kappa shape index (κ2) is 7.52. The van der Waals surface area contributed by atoms with Crippen LogP contribution in [0.25, 0.3) is 0 Å².